The molecule has 0 aromatic heterocycles. The quantitative estimate of drug-likeness (QED) is 0.0505. The lowest BCUT2D eigenvalue weighted by atomic mass is 9.33. The van der Waals surface area contributed by atoms with Crippen molar-refractivity contribution >= 4 is 17.9 Å². The fourth-order valence-corrected chi connectivity index (χ4v) is 16.2. The highest BCUT2D eigenvalue weighted by Crippen LogP contribution is 2.76. The van der Waals surface area contributed by atoms with Crippen LogP contribution in [-0.4, -0.2) is 204 Å². The molecule has 0 aromatic carbocycles. The Balaban J connectivity index is 1.12. The molecule has 0 spiro atoms. The van der Waals surface area contributed by atoms with E-state index < -0.39 is 181 Å². The molecule has 9 unspecified atom stereocenters. The maximum atomic E-state index is 13.8. The highest BCUT2D eigenvalue weighted by molar-refractivity contribution is 5.89. The van der Waals surface area contributed by atoms with E-state index in [4.69, 9.17) is 37.9 Å². The number of carboxylic acids is 1. The molecule has 3 aliphatic heterocycles. The van der Waals surface area contributed by atoms with Gasteiger partial charge < -0.3 is 94.1 Å². The summed E-state index contributed by atoms with van der Waals surface area (Å²) in [7, 11) is 0. The number of carboxylic acid groups (broad SMARTS) is 1. The Labute approximate surface area is 461 Å². The molecule has 4 saturated carbocycles. The first-order valence-electron chi connectivity index (χ1n) is 28.0. The molecule has 79 heavy (non-hydrogen) atoms. The zero-order chi connectivity index (χ0) is 58.4. The Hall–Kier alpha value is -3.01. The Morgan fingerprint density at radius 2 is 1.19 bits per heavy atom. The average Bonchev–Trinajstić information content (AvgIpc) is 3.87. The van der Waals surface area contributed by atoms with E-state index in [1.165, 1.54) is 0 Å². The summed E-state index contributed by atoms with van der Waals surface area (Å²) >= 11 is 0. The number of ether oxygens (including phenoxy) is 8. The molecule has 0 aromatic rings. The standard InChI is InChI=1S/C57H88O22/c1-12-25(3)47(70)78-44-45(79-48(71)26(4)13-2)57(24-60)28(20-52(44,5)6)27-14-15-32-54(9)18-17-34(53(7,8)31(54)16-19-55(32,10)56(27,11)21-33(57)61)74-51-43(77-50-39(66)37(64)35(62)29(22-58)72-50)41(40(67)42(76-51)46(68)69)75-49-38(65)36(63)30(23-59)73-49/h12-14,28-45,49-51,58-67H,15-24H2,1-11H3,(H,68,69)/t28?,29?,30-,31?,32?,33+,34-,35-,36?,37+,38-,39?,40-,41+,42?,43?,44?,45-,49-,50-,51+,54-,55+,56+,57-/m0/s1. The molecule has 8 aliphatic rings. The van der Waals surface area contributed by atoms with Crippen LogP contribution in [0.2, 0.25) is 0 Å². The predicted octanol–water partition coefficient (Wildman–Crippen LogP) is 1.29. The van der Waals surface area contributed by atoms with Gasteiger partial charge in [-0.1, -0.05) is 72.3 Å². The van der Waals surface area contributed by atoms with Crippen molar-refractivity contribution in [2.45, 2.75) is 232 Å². The van der Waals surface area contributed by atoms with E-state index in [0.29, 0.717) is 49.7 Å². The SMILES string of the molecule is CC=C(C)C(=O)OC1[C@H](OC(=O)C(C)=CC)[C@@]2(CO)C(CC1(C)C)C1=CCC3[C@@]4(C)CC[C@H](O[C@@H]5OC(C(=O)O)[C@@H](O)[C@@H](O[C@@H]6O[C@@H](CO)C(O)[C@@H]6O)C5O[C@@H]5OC(CO)[C@H](O)[C@@H](O)C5O)C(C)(C)C4CC[C@@]3(C)[C@]1(C)C[C@H]2O. The summed E-state index contributed by atoms with van der Waals surface area (Å²) in [6.07, 6.45) is -20.2. The average molecular weight is 1130 g/mol. The van der Waals surface area contributed by atoms with E-state index in [9.17, 15) is 70.6 Å². The number of rotatable bonds is 14. The van der Waals surface area contributed by atoms with Crippen LogP contribution in [0.25, 0.3) is 0 Å². The van der Waals surface area contributed by atoms with Crippen molar-refractivity contribution < 1.29 is 108 Å². The lowest BCUT2D eigenvalue weighted by Gasteiger charge is -2.72. The van der Waals surface area contributed by atoms with Crippen molar-refractivity contribution in [3.63, 3.8) is 0 Å². The van der Waals surface area contributed by atoms with Gasteiger partial charge >= 0.3 is 17.9 Å². The van der Waals surface area contributed by atoms with Crippen molar-refractivity contribution in [3.8, 4) is 0 Å². The molecule has 3 heterocycles. The third-order valence-electron chi connectivity index (χ3n) is 21.3. The fraction of sp³-hybridized carbons (Fsp3) is 0.842. The van der Waals surface area contributed by atoms with Crippen molar-refractivity contribution in [3.05, 3.63) is 34.9 Å². The van der Waals surface area contributed by atoms with Crippen LogP contribution in [0.1, 0.15) is 121 Å². The van der Waals surface area contributed by atoms with Gasteiger partial charge in [-0.25, -0.2) is 14.4 Å². The first-order chi connectivity index (χ1) is 36.9. The largest absolute Gasteiger partial charge is 0.479 e. The molecule has 8 rings (SSSR count). The highest BCUT2D eigenvalue weighted by Gasteiger charge is 2.74. The number of carbonyl (C=O) groups is 3. The summed E-state index contributed by atoms with van der Waals surface area (Å²) in [5.74, 6) is -3.40. The Bertz CT molecular complexity index is 2350. The number of aliphatic hydroxyl groups excluding tert-OH is 10. The third kappa shape index (κ3) is 9.99. The molecule has 448 valence electrons. The van der Waals surface area contributed by atoms with Crippen LogP contribution < -0.4 is 0 Å². The van der Waals surface area contributed by atoms with E-state index >= 15 is 0 Å². The summed E-state index contributed by atoms with van der Waals surface area (Å²) in [5.41, 5.74) is -2.71. The molecule has 0 radical (unpaired) electrons. The molecule has 0 bridgehead atoms. The van der Waals surface area contributed by atoms with E-state index in [1.807, 2.05) is 13.8 Å². The van der Waals surface area contributed by atoms with Crippen LogP contribution in [0.4, 0.5) is 0 Å². The second-order valence-corrected chi connectivity index (χ2v) is 26.0. The Kier molecular flexibility index (Phi) is 17.7. The predicted molar refractivity (Wildman–Crippen MR) is 275 cm³/mol. The van der Waals surface area contributed by atoms with Crippen LogP contribution >= 0.6 is 0 Å². The molecule has 25 atom stereocenters. The molecule has 0 amide bonds. The molecule has 7 fully saturated rings. The summed E-state index contributed by atoms with van der Waals surface area (Å²) in [6.45, 7) is 19.4. The second kappa shape index (κ2) is 22.5. The van der Waals surface area contributed by atoms with Gasteiger partial charge in [0.2, 0.25) is 0 Å². The van der Waals surface area contributed by atoms with Crippen LogP contribution in [0.5, 0.6) is 0 Å². The van der Waals surface area contributed by atoms with Gasteiger partial charge in [-0.3, -0.25) is 0 Å². The Morgan fingerprint density at radius 1 is 0.646 bits per heavy atom. The van der Waals surface area contributed by atoms with E-state index in [2.05, 4.69) is 40.7 Å². The zero-order valence-corrected chi connectivity index (χ0v) is 47.3. The number of carbonyl (C=O) groups excluding carboxylic acids is 2. The van der Waals surface area contributed by atoms with Crippen LogP contribution in [0, 0.1) is 50.2 Å². The van der Waals surface area contributed by atoms with Crippen LogP contribution in [0.15, 0.2) is 34.9 Å². The van der Waals surface area contributed by atoms with E-state index in [-0.39, 0.29) is 23.7 Å². The van der Waals surface area contributed by atoms with Gasteiger partial charge in [0.1, 0.15) is 67.1 Å². The van der Waals surface area contributed by atoms with Gasteiger partial charge in [0.15, 0.2) is 31.1 Å². The number of fused-ring (bicyclic) bond motifs is 7. The van der Waals surface area contributed by atoms with Crippen molar-refractivity contribution in [2.24, 2.45) is 50.2 Å². The highest BCUT2D eigenvalue weighted by atomic mass is 16.8. The van der Waals surface area contributed by atoms with Crippen molar-refractivity contribution in [2.75, 3.05) is 19.8 Å². The third-order valence-corrected chi connectivity index (χ3v) is 21.3. The van der Waals surface area contributed by atoms with Gasteiger partial charge in [0.05, 0.1) is 37.4 Å². The molecule has 3 saturated heterocycles. The van der Waals surface area contributed by atoms with Crippen molar-refractivity contribution in [1.29, 1.82) is 0 Å². The summed E-state index contributed by atoms with van der Waals surface area (Å²) in [6, 6.07) is 0. The lowest BCUT2D eigenvalue weighted by Crippen LogP contribution is -2.72. The smallest absolute Gasteiger partial charge is 0.335 e. The van der Waals surface area contributed by atoms with Crippen LogP contribution in [-0.2, 0) is 52.3 Å². The summed E-state index contributed by atoms with van der Waals surface area (Å²) in [4.78, 5) is 40.3. The number of aliphatic carboxylic acids is 1. The number of esters is 2. The van der Waals surface area contributed by atoms with Gasteiger partial charge in [0.25, 0.3) is 0 Å². The first-order valence-corrected chi connectivity index (χ1v) is 28.0. The monoisotopic (exact) mass is 1120 g/mol. The molecule has 22 nitrogen and oxygen atoms in total. The minimum atomic E-state index is -2.10. The van der Waals surface area contributed by atoms with Gasteiger partial charge in [-0.05, 0) is 112 Å². The number of allylic oxidation sites excluding steroid dienone is 4. The summed E-state index contributed by atoms with van der Waals surface area (Å²) in [5, 5.41) is 121. The number of hydrogen-bond donors (Lipinski definition) is 11. The topological polar surface area (TPSA) is 348 Å². The number of aliphatic hydroxyl groups is 10. The summed E-state index contributed by atoms with van der Waals surface area (Å²) < 4.78 is 49.2. The molecule has 22 heteroatoms. The maximum Gasteiger partial charge on any atom is 0.335 e. The molecule has 11 N–H and O–H groups in total. The second-order valence-electron chi connectivity index (χ2n) is 26.0. The minimum absolute atomic E-state index is 0.0232. The van der Waals surface area contributed by atoms with E-state index in [1.54, 1.807) is 39.8 Å². The lowest BCUT2D eigenvalue weighted by molar-refractivity contribution is -0.386. The van der Waals surface area contributed by atoms with E-state index in [0.717, 1.165) is 5.57 Å². The van der Waals surface area contributed by atoms with Gasteiger partial charge in [-0.2, -0.15) is 0 Å². The zero-order valence-electron chi connectivity index (χ0n) is 47.3. The van der Waals surface area contributed by atoms with Gasteiger partial charge in [-0.15, -0.1) is 0 Å². The number of hydrogen-bond acceptors (Lipinski definition) is 21. The van der Waals surface area contributed by atoms with Crippen LogP contribution in [0.3, 0.4) is 0 Å². The normalized spacial score (nSPS) is 48.6. The fourth-order valence-electron chi connectivity index (χ4n) is 16.2. The minimum Gasteiger partial charge on any atom is -0.479 e. The maximum absolute atomic E-state index is 13.8. The molecule has 5 aliphatic carbocycles. The Morgan fingerprint density at radius 3 is 1.73 bits per heavy atom. The van der Waals surface area contributed by atoms with Gasteiger partial charge in [0, 0.05) is 16.6 Å². The van der Waals surface area contributed by atoms with Crippen molar-refractivity contribution in [1.82, 2.24) is 0 Å². The first kappa shape index (κ1) is 62.0. The molecular weight excluding hydrogens is 1040 g/mol. The molecular formula is C57H88O22.